The molecule has 9 heteroatoms. The highest BCUT2D eigenvalue weighted by atomic mass is 32.2. The third-order valence-electron chi connectivity index (χ3n) is 5.41. The maximum Gasteiger partial charge on any atom is 0.371 e. The number of nitrogens with one attached hydrogen (secondary N) is 1. The van der Waals surface area contributed by atoms with Crippen molar-refractivity contribution in [2.45, 2.75) is 62.5 Å². The molecule has 1 saturated heterocycles. The van der Waals surface area contributed by atoms with Crippen LogP contribution in [0.3, 0.4) is 0 Å². The van der Waals surface area contributed by atoms with Gasteiger partial charge < -0.3 is 14.8 Å². The number of furan rings is 1. The largest absolute Gasteiger partial charge is 0.475 e. The molecule has 2 aliphatic rings. The number of hydrogen-bond donors (Lipinski definition) is 2. The summed E-state index contributed by atoms with van der Waals surface area (Å²) in [5, 5.41) is 11.6. The molecule has 1 aliphatic heterocycles. The van der Waals surface area contributed by atoms with Gasteiger partial charge in [0.1, 0.15) is 0 Å². The van der Waals surface area contributed by atoms with Crippen molar-refractivity contribution in [3.05, 3.63) is 17.9 Å². The molecule has 2 N–H and O–H groups in total. The van der Waals surface area contributed by atoms with Gasteiger partial charge in [0.2, 0.25) is 16.8 Å². The third-order valence-corrected chi connectivity index (χ3v) is 7.19. The van der Waals surface area contributed by atoms with Gasteiger partial charge in [-0.15, -0.1) is 0 Å². The van der Waals surface area contributed by atoms with Crippen LogP contribution in [-0.2, 0) is 14.8 Å². The fourth-order valence-electron chi connectivity index (χ4n) is 3.80. The molecule has 0 atom stereocenters. The van der Waals surface area contributed by atoms with Gasteiger partial charge in [0.25, 0.3) is 10.0 Å². The lowest BCUT2D eigenvalue weighted by Gasteiger charge is -2.30. The van der Waals surface area contributed by atoms with Crippen molar-refractivity contribution in [3.63, 3.8) is 0 Å². The minimum atomic E-state index is -3.88. The highest BCUT2D eigenvalue weighted by Gasteiger charge is 2.34. The molecule has 150 valence electrons. The van der Waals surface area contributed by atoms with Gasteiger partial charge in [0.05, 0.1) is 0 Å². The molecule has 2 heterocycles. The summed E-state index contributed by atoms with van der Waals surface area (Å²) in [6, 6.07) is 2.52. The summed E-state index contributed by atoms with van der Waals surface area (Å²) < 4.78 is 31.4. The lowest BCUT2D eigenvalue weighted by atomic mass is 9.96. The van der Waals surface area contributed by atoms with Crippen molar-refractivity contribution in [2.75, 3.05) is 13.1 Å². The van der Waals surface area contributed by atoms with Crippen molar-refractivity contribution in [1.29, 1.82) is 0 Å². The molecular formula is C18H26N2O6S. The molecule has 3 rings (SSSR count). The quantitative estimate of drug-likeness (QED) is 0.735. The predicted molar refractivity (Wildman–Crippen MR) is 96.8 cm³/mol. The number of amides is 1. The molecule has 1 aliphatic carbocycles. The Hall–Kier alpha value is -1.87. The SMILES string of the molecule is O=C(O)c1ccc(S(=O)(=O)N2CCC(C(=O)NC3CCCCCC3)CC2)o1. The van der Waals surface area contributed by atoms with Crippen LogP contribution >= 0.6 is 0 Å². The van der Waals surface area contributed by atoms with E-state index in [1.807, 2.05) is 0 Å². The van der Waals surface area contributed by atoms with E-state index in [0.717, 1.165) is 37.8 Å². The maximum absolute atomic E-state index is 12.6. The van der Waals surface area contributed by atoms with Crippen LogP contribution < -0.4 is 5.32 Å². The van der Waals surface area contributed by atoms with Crippen molar-refractivity contribution < 1.29 is 27.5 Å². The van der Waals surface area contributed by atoms with Crippen LogP contribution in [-0.4, -0.2) is 48.8 Å². The van der Waals surface area contributed by atoms with E-state index in [4.69, 9.17) is 9.52 Å². The summed E-state index contributed by atoms with van der Waals surface area (Å²) in [7, 11) is -3.88. The van der Waals surface area contributed by atoms with E-state index in [9.17, 15) is 18.0 Å². The number of aromatic carboxylic acids is 1. The molecule has 8 nitrogen and oxygen atoms in total. The van der Waals surface area contributed by atoms with E-state index in [0.29, 0.717) is 12.8 Å². The second-order valence-corrected chi connectivity index (χ2v) is 9.17. The average Bonchev–Trinajstić information content (AvgIpc) is 3.03. The molecule has 1 aromatic rings. The van der Waals surface area contributed by atoms with Gasteiger partial charge in [0.15, 0.2) is 0 Å². The standard InChI is InChI=1S/C18H26N2O6S/c21-17(19-14-5-3-1-2-4-6-14)13-9-11-20(12-10-13)27(24,25)16-8-7-15(26-16)18(22)23/h7-8,13-14H,1-6,9-12H2,(H,19,21)(H,22,23). The summed E-state index contributed by atoms with van der Waals surface area (Å²) in [6.07, 6.45) is 7.66. The van der Waals surface area contributed by atoms with Crippen LogP contribution in [0.4, 0.5) is 0 Å². The molecule has 1 saturated carbocycles. The molecule has 0 aromatic carbocycles. The zero-order chi connectivity index (χ0) is 19.4. The van der Waals surface area contributed by atoms with Gasteiger partial charge in [-0.2, -0.15) is 4.31 Å². The van der Waals surface area contributed by atoms with Crippen molar-refractivity contribution >= 4 is 21.9 Å². The number of sulfonamides is 1. The van der Waals surface area contributed by atoms with Crippen molar-refractivity contribution in [2.24, 2.45) is 5.92 Å². The Kier molecular flexibility index (Phi) is 6.21. The third kappa shape index (κ3) is 4.70. The first-order valence-corrected chi connectivity index (χ1v) is 11.0. The van der Waals surface area contributed by atoms with Crippen molar-refractivity contribution in [1.82, 2.24) is 9.62 Å². The number of rotatable bonds is 5. The topological polar surface area (TPSA) is 117 Å². The normalized spacial score (nSPS) is 20.9. The van der Waals surface area contributed by atoms with Crippen LogP contribution in [0.5, 0.6) is 0 Å². The summed E-state index contributed by atoms with van der Waals surface area (Å²) >= 11 is 0. The zero-order valence-electron chi connectivity index (χ0n) is 15.2. The van der Waals surface area contributed by atoms with Crippen LogP contribution in [0.1, 0.15) is 61.9 Å². The smallest absolute Gasteiger partial charge is 0.371 e. The van der Waals surface area contributed by atoms with Crippen LogP contribution in [0.15, 0.2) is 21.6 Å². The van der Waals surface area contributed by atoms with Gasteiger partial charge in [0, 0.05) is 25.0 Å². The number of carbonyl (C=O) groups is 2. The monoisotopic (exact) mass is 398 g/mol. The zero-order valence-corrected chi connectivity index (χ0v) is 16.0. The molecule has 0 unspecified atom stereocenters. The molecule has 0 bridgehead atoms. The minimum absolute atomic E-state index is 0.0186. The second-order valence-electron chi connectivity index (χ2n) is 7.30. The average molecular weight is 398 g/mol. The van der Waals surface area contributed by atoms with E-state index in [1.165, 1.54) is 17.1 Å². The van der Waals surface area contributed by atoms with Gasteiger partial charge in [-0.05, 0) is 37.8 Å². The lowest BCUT2D eigenvalue weighted by molar-refractivity contribution is -0.126. The molecule has 0 radical (unpaired) electrons. The Labute approximate surface area is 159 Å². The van der Waals surface area contributed by atoms with E-state index in [-0.39, 0.29) is 36.0 Å². The maximum atomic E-state index is 12.6. The molecule has 0 spiro atoms. The summed E-state index contributed by atoms with van der Waals surface area (Å²) in [5.74, 6) is -1.90. The highest BCUT2D eigenvalue weighted by Crippen LogP contribution is 2.26. The number of carboxylic acid groups (broad SMARTS) is 1. The lowest BCUT2D eigenvalue weighted by Crippen LogP contribution is -2.45. The Morgan fingerprint density at radius 2 is 1.67 bits per heavy atom. The molecular weight excluding hydrogens is 372 g/mol. The fraction of sp³-hybridized carbons (Fsp3) is 0.667. The van der Waals surface area contributed by atoms with E-state index < -0.39 is 21.8 Å². The predicted octanol–water partition coefficient (Wildman–Crippen LogP) is 2.22. The first-order chi connectivity index (χ1) is 12.9. The Morgan fingerprint density at radius 3 is 2.22 bits per heavy atom. The number of piperidine rings is 1. The van der Waals surface area contributed by atoms with E-state index in [1.54, 1.807) is 0 Å². The molecule has 27 heavy (non-hydrogen) atoms. The van der Waals surface area contributed by atoms with Gasteiger partial charge in [-0.1, -0.05) is 25.7 Å². The first-order valence-electron chi connectivity index (χ1n) is 9.51. The Morgan fingerprint density at radius 1 is 1.04 bits per heavy atom. The highest BCUT2D eigenvalue weighted by molar-refractivity contribution is 7.89. The molecule has 2 fully saturated rings. The molecule has 1 aromatic heterocycles. The van der Waals surface area contributed by atoms with E-state index in [2.05, 4.69) is 5.32 Å². The first kappa shape index (κ1) is 19.9. The van der Waals surface area contributed by atoms with Gasteiger partial charge >= 0.3 is 5.97 Å². The van der Waals surface area contributed by atoms with Crippen molar-refractivity contribution in [3.8, 4) is 0 Å². The van der Waals surface area contributed by atoms with Crippen LogP contribution in [0, 0.1) is 5.92 Å². The number of nitrogens with zero attached hydrogens (tertiary/aromatic N) is 1. The van der Waals surface area contributed by atoms with Gasteiger partial charge in [-0.25, -0.2) is 13.2 Å². The summed E-state index contributed by atoms with van der Waals surface area (Å²) in [5.41, 5.74) is 0. The minimum Gasteiger partial charge on any atom is -0.475 e. The second kappa shape index (κ2) is 8.43. The van der Waals surface area contributed by atoms with Crippen LogP contribution in [0.25, 0.3) is 0 Å². The van der Waals surface area contributed by atoms with Gasteiger partial charge in [-0.3, -0.25) is 4.79 Å². The summed E-state index contributed by atoms with van der Waals surface area (Å²) in [4.78, 5) is 23.4. The fourth-order valence-corrected chi connectivity index (χ4v) is 5.18. The Bertz CT molecular complexity index is 772. The van der Waals surface area contributed by atoms with E-state index >= 15 is 0 Å². The molecule has 1 amide bonds. The number of carbonyl (C=O) groups excluding carboxylic acids is 1. The van der Waals surface area contributed by atoms with Crippen LogP contribution in [0.2, 0.25) is 0 Å². The Balaban J connectivity index is 1.55. The summed E-state index contributed by atoms with van der Waals surface area (Å²) in [6.45, 7) is 0.433. The number of carboxylic acids is 1. The number of hydrogen-bond acceptors (Lipinski definition) is 5.